The van der Waals surface area contributed by atoms with E-state index < -0.39 is 0 Å². The predicted octanol–water partition coefficient (Wildman–Crippen LogP) is 3.88. The zero-order valence-corrected chi connectivity index (χ0v) is 18.3. The summed E-state index contributed by atoms with van der Waals surface area (Å²) in [6.45, 7) is 8.64. The van der Waals surface area contributed by atoms with Crippen molar-refractivity contribution in [3.8, 4) is 5.88 Å². The van der Waals surface area contributed by atoms with Crippen LogP contribution in [0.3, 0.4) is 0 Å². The van der Waals surface area contributed by atoms with Crippen molar-refractivity contribution in [1.82, 2.24) is 15.6 Å². The number of aliphatic imine (C=N–C) groups is 1. The number of rotatable bonds is 7. The summed E-state index contributed by atoms with van der Waals surface area (Å²) in [5, 5.41) is 6.72. The molecule has 1 aromatic heterocycles. The zero-order chi connectivity index (χ0) is 18.1. The average molecular weight is 468 g/mol. The Labute approximate surface area is 173 Å². The topological polar surface area (TPSA) is 58.5 Å². The molecule has 2 rings (SSSR count). The molecule has 1 heterocycles. The molecule has 1 aromatic carbocycles. The predicted molar refractivity (Wildman–Crippen MR) is 119 cm³/mol. The summed E-state index contributed by atoms with van der Waals surface area (Å²) in [4.78, 5) is 8.77. The highest BCUT2D eigenvalue weighted by atomic mass is 127. The third kappa shape index (κ3) is 7.19. The summed E-state index contributed by atoms with van der Waals surface area (Å²) in [5.41, 5.74) is 3.69. The number of aromatic nitrogens is 1. The Hall–Kier alpha value is -1.83. The van der Waals surface area contributed by atoms with Gasteiger partial charge in [-0.25, -0.2) is 9.98 Å². The van der Waals surface area contributed by atoms with Crippen molar-refractivity contribution in [3.63, 3.8) is 0 Å². The van der Waals surface area contributed by atoms with Crippen LogP contribution in [0, 0.1) is 6.92 Å². The minimum atomic E-state index is 0. The number of hydrogen-bond donors (Lipinski definition) is 2. The molecule has 0 amide bonds. The van der Waals surface area contributed by atoms with Gasteiger partial charge in [-0.05, 0) is 37.0 Å². The van der Waals surface area contributed by atoms with Crippen molar-refractivity contribution < 1.29 is 4.74 Å². The monoisotopic (exact) mass is 468 g/mol. The Bertz CT molecular complexity index is 706. The summed E-state index contributed by atoms with van der Waals surface area (Å²) in [6.07, 6.45) is 1.74. The largest absolute Gasteiger partial charge is 0.481 e. The van der Waals surface area contributed by atoms with Gasteiger partial charge >= 0.3 is 0 Å². The first-order valence-electron chi connectivity index (χ1n) is 8.70. The van der Waals surface area contributed by atoms with E-state index in [9.17, 15) is 0 Å². The molecule has 0 saturated carbocycles. The van der Waals surface area contributed by atoms with E-state index in [4.69, 9.17) is 4.74 Å². The molecule has 5 nitrogen and oxygen atoms in total. The summed E-state index contributed by atoms with van der Waals surface area (Å²) in [5.74, 6) is 1.83. The number of aryl methyl sites for hydroxylation is 1. The minimum Gasteiger partial charge on any atom is -0.481 e. The fourth-order valence-corrected chi connectivity index (χ4v) is 2.52. The van der Waals surface area contributed by atoms with E-state index in [-0.39, 0.29) is 24.0 Å². The molecule has 142 valence electrons. The number of methoxy groups -OCH3 is 1. The fraction of sp³-hybridized carbons (Fsp3) is 0.400. The van der Waals surface area contributed by atoms with Gasteiger partial charge in [-0.1, -0.05) is 36.8 Å². The van der Waals surface area contributed by atoms with Gasteiger partial charge < -0.3 is 15.4 Å². The molecule has 0 radical (unpaired) electrons. The lowest BCUT2D eigenvalue weighted by atomic mass is 9.99. The van der Waals surface area contributed by atoms with E-state index in [1.54, 1.807) is 13.3 Å². The second kappa shape index (κ2) is 11.7. The van der Waals surface area contributed by atoms with Crippen LogP contribution in [0.1, 0.15) is 36.5 Å². The quantitative estimate of drug-likeness (QED) is 0.368. The van der Waals surface area contributed by atoms with Crippen LogP contribution in [0.25, 0.3) is 0 Å². The molecule has 0 aliphatic heterocycles. The molecule has 2 N–H and O–H groups in total. The van der Waals surface area contributed by atoms with Crippen molar-refractivity contribution in [2.24, 2.45) is 4.99 Å². The lowest BCUT2D eigenvalue weighted by molar-refractivity contribution is 0.397. The Kier molecular flexibility index (Phi) is 10.0. The first-order chi connectivity index (χ1) is 12.1. The molecule has 1 unspecified atom stereocenters. The SMILES string of the molecule is CCNC(=NCc1ccnc(OC)c1)NCC(C)c1cccc(C)c1.I. The normalized spacial score (nSPS) is 12.1. The van der Waals surface area contributed by atoms with Crippen LogP contribution < -0.4 is 15.4 Å². The van der Waals surface area contributed by atoms with Gasteiger partial charge in [-0.2, -0.15) is 0 Å². The standard InChI is InChI=1S/C20H28N4O.HI/c1-5-21-20(24-14-17-9-10-22-19(12-17)25-4)23-13-16(3)18-8-6-7-15(2)11-18;/h6-12,16H,5,13-14H2,1-4H3,(H2,21,23,24);1H. The van der Waals surface area contributed by atoms with Gasteiger partial charge in [-0.15, -0.1) is 24.0 Å². The lowest BCUT2D eigenvalue weighted by Crippen LogP contribution is -2.39. The molecule has 26 heavy (non-hydrogen) atoms. The highest BCUT2D eigenvalue weighted by Gasteiger charge is 2.07. The second-order valence-corrected chi connectivity index (χ2v) is 6.10. The summed E-state index contributed by atoms with van der Waals surface area (Å²) in [7, 11) is 1.62. The average Bonchev–Trinajstić information content (AvgIpc) is 2.64. The zero-order valence-electron chi connectivity index (χ0n) is 16.0. The van der Waals surface area contributed by atoms with E-state index in [0.717, 1.165) is 24.6 Å². The molecular weight excluding hydrogens is 439 g/mol. The maximum absolute atomic E-state index is 5.16. The molecule has 0 aliphatic rings. The molecule has 0 fully saturated rings. The molecule has 0 spiro atoms. The van der Waals surface area contributed by atoms with Gasteiger partial charge in [0.25, 0.3) is 0 Å². The maximum Gasteiger partial charge on any atom is 0.213 e. The van der Waals surface area contributed by atoms with E-state index in [1.165, 1.54) is 11.1 Å². The summed E-state index contributed by atoms with van der Waals surface area (Å²) < 4.78 is 5.16. The highest BCUT2D eigenvalue weighted by molar-refractivity contribution is 14.0. The van der Waals surface area contributed by atoms with Crippen molar-refractivity contribution in [3.05, 3.63) is 59.3 Å². The molecule has 0 bridgehead atoms. The number of pyridine rings is 1. The Morgan fingerprint density at radius 2 is 2.04 bits per heavy atom. The number of benzene rings is 1. The minimum absolute atomic E-state index is 0. The molecule has 6 heteroatoms. The number of hydrogen-bond acceptors (Lipinski definition) is 3. The Morgan fingerprint density at radius 1 is 1.23 bits per heavy atom. The smallest absolute Gasteiger partial charge is 0.213 e. The van der Waals surface area contributed by atoms with Crippen LogP contribution in [0.5, 0.6) is 5.88 Å². The number of halogens is 1. The molecule has 2 aromatic rings. The third-order valence-electron chi connectivity index (χ3n) is 3.96. The van der Waals surface area contributed by atoms with Gasteiger partial charge in [0, 0.05) is 25.4 Å². The number of nitrogens with one attached hydrogen (secondary N) is 2. The van der Waals surface area contributed by atoms with Gasteiger partial charge in [0.2, 0.25) is 5.88 Å². The van der Waals surface area contributed by atoms with Crippen molar-refractivity contribution >= 4 is 29.9 Å². The van der Waals surface area contributed by atoms with Crippen LogP contribution in [-0.4, -0.2) is 31.1 Å². The van der Waals surface area contributed by atoms with Gasteiger partial charge in [0.1, 0.15) is 0 Å². The number of guanidine groups is 1. The van der Waals surface area contributed by atoms with E-state index in [0.29, 0.717) is 18.3 Å². The highest BCUT2D eigenvalue weighted by Crippen LogP contribution is 2.15. The van der Waals surface area contributed by atoms with Crippen LogP contribution in [-0.2, 0) is 6.54 Å². The lowest BCUT2D eigenvalue weighted by Gasteiger charge is -2.16. The second-order valence-electron chi connectivity index (χ2n) is 6.10. The third-order valence-corrected chi connectivity index (χ3v) is 3.96. The van der Waals surface area contributed by atoms with E-state index in [2.05, 4.69) is 65.6 Å². The molecular formula is C20H29IN4O. The Balaban J connectivity index is 0.00000338. The first kappa shape index (κ1) is 22.2. The van der Waals surface area contributed by atoms with Crippen LogP contribution in [0.15, 0.2) is 47.6 Å². The summed E-state index contributed by atoms with van der Waals surface area (Å²) >= 11 is 0. The number of nitrogens with zero attached hydrogens (tertiary/aromatic N) is 2. The maximum atomic E-state index is 5.16. The summed E-state index contributed by atoms with van der Waals surface area (Å²) in [6, 6.07) is 12.5. The Morgan fingerprint density at radius 3 is 2.73 bits per heavy atom. The molecule has 0 aliphatic carbocycles. The molecule has 0 saturated heterocycles. The van der Waals surface area contributed by atoms with Crippen molar-refractivity contribution in [2.45, 2.75) is 33.2 Å². The van der Waals surface area contributed by atoms with Crippen LogP contribution >= 0.6 is 24.0 Å². The van der Waals surface area contributed by atoms with E-state index in [1.807, 2.05) is 12.1 Å². The first-order valence-corrected chi connectivity index (χ1v) is 8.70. The van der Waals surface area contributed by atoms with Gasteiger partial charge in [-0.3, -0.25) is 0 Å². The van der Waals surface area contributed by atoms with Crippen molar-refractivity contribution in [1.29, 1.82) is 0 Å². The van der Waals surface area contributed by atoms with Gasteiger partial charge in [0.15, 0.2) is 5.96 Å². The van der Waals surface area contributed by atoms with E-state index >= 15 is 0 Å². The fourth-order valence-electron chi connectivity index (χ4n) is 2.52. The van der Waals surface area contributed by atoms with Crippen LogP contribution in [0.4, 0.5) is 0 Å². The van der Waals surface area contributed by atoms with Gasteiger partial charge in [0.05, 0.1) is 13.7 Å². The van der Waals surface area contributed by atoms with Crippen LogP contribution in [0.2, 0.25) is 0 Å². The molecule has 1 atom stereocenters. The van der Waals surface area contributed by atoms with Crippen molar-refractivity contribution in [2.75, 3.05) is 20.2 Å². The number of ether oxygens (including phenoxy) is 1.